The summed E-state index contributed by atoms with van der Waals surface area (Å²) in [4.78, 5) is 16.2. The Balaban J connectivity index is 2.00. The lowest BCUT2D eigenvalue weighted by Gasteiger charge is -2.37. The van der Waals surface area contributed by atoms with E-state index in [9.17, 15) is 4.79 Å². The first-order chi connectivity index (χ1) is 8.99. The molecule has 0 bridgehead atoms. The van der Waals surface area contributed by atoms with Gasteiger partial charge in [-0.25, -0.2) is 0 Å². The second kappa shape index (κ2) is 5.83. The highest BCUT2D eigenvalue weighted by atomic mass is 35.5. The molecular formula is C15H21ClN2O. The van der Waals surface area contributed by atoms with Crippen molar-refractivity contribution in [2.45, 2.75) is 20.8 Å². The number of benzene rings is 1. The fourth-order valence-corrected chi connectivity index (χ4v) is 2.50. The zero-order chi connectivity index (χ0) is 14.0. The van der Waals surface area contributed by atoms with E-state index in [0.29, 0.717) is 0 Å². The Labute approximate surface area is 120 Å². The lowest BCUT2D eigenvalue weighted by molar-refractivity contribution is -0.134. The van der Waals surface area contributed by atoms with Crippen LogP contribution < -0.4 is 4.90 Å². The third kappa shape index (κ3) is 3.21. The zero-order valence-corrected chi connectivity index (χ0v) is 12.6. The molecule has 1 aromatic carbocycles. The van der Waals surface area contributed by atoms with E-state index in [1.54, 1.807) is 0 Å². The van der Waals surface area contributed by atoms with E-state index in [4.69, 9.17) is 11.6 Å². The molecule has 1 aromatic rings. The maximum Gasteiger partial charge on any atom is 0.225 e. The van der Waals surface area contributed by atoms with Gasteiger partial charge >= 0.3 is 0 Å². The normalized spacial score (nSPS) is 16.1. The number of carbonyl (C=O) groups is 1. The summed E-state index contributed by atoms with van der Waals surface area (Å²) in [5.74, 6) is 0.335. The Morgan fingerprint density at radius 3 is 2.37 bits per heavy atom. The Bertz CT molecular complexity index is 465. The van der Waals surface area contributed by atoms with E-state index in [1.165, 1.54) is 0 Å². The van der Waals surface area contributed by atoms with Crippen LogP contribution >= 0.6 is 11.6 Å². The van der Waals surface area contributed by atoms with Crippen LogP contribution in [0.3, 0.4) is 0 Å². The molecular weight excluding hydrogens is 260 g/mol. The third-order valence-corrected chi connectivity index (χ3v) is 4.01. The molecule has 104 valence electrons. The molecule has 1 fully saturated rings. The number of halogens is 1. The lowest BCUT2D eigenvalue weighted by Crippen LogP contribution is -2.49. The number of aryl methyl sites for hydroxylation is 1. The molecule has 4 heteroatoms. The second-order valence-corrected chi connectivity index (χ2v) is 5.81. The van der Waals surface area contributed by atoms with E-state index < -0.39 is 0 Å². The molecule has 0 unspecified atom stereocenters. The number of carbonyl (C=O) groups excluding carboxylic acids is 1. The summed E-state index contributed by atoms with van der Waals surface area (Å²) in [7, 11) is 0. The average molecular weight is 281 g/mol. The van der Waals surface area contributed by atoms with E-state index in [2.05, 4.69) is 11.0 Å². The van der Waals surface area contributed by atoms with Crippen LogP contribution in [-0.4, -0.2) is 37.0 Å². The van der Waals surface area contributed by atoms with Crippen molar-refractivity contribution in [2.24, 2.45) is 5.92 Å². The van der Waals surface area contributed by atoms with Crippen molar-refractivity contribution in [3.8, 4) is 0 Å². The SMILES string of the molecule is Cc1ccc(N2CCN(C(=O)C(C)C)CC2)cc1Cl. The maximum absolute atomic E-state index is 11.9. The monoisotopic (exact) mass is 280 g/mol. The molecule has 19 heavy (non-hydrogen) atoms. The van der Waals surface area contributed by atoms with Crippen LogP contribution in [0.5, 0.6) is 0 Å². The average Bonchev–Trinajstić information content (AvgIpc) is 2.41. The highest BCUT2D eigenvalue weighted by Gasteiger charge is 2.22. The Kier molecular flexibility index (Phi) is 4.35. The summed E-state index contributed by atoms with van der Waals surface area (Å²) in [6.07, 6.45) is 0. The molecule has 1 heterocycles. The fraction of sp³-hybridized carbons (Fsp3) is 0.533. The first-order valence-corrected chi connectivity index (χ1v) is 7.16. The van der Waals surface area contributed by atoms with Crippen molar-refractivity contribution < 1.29 is 4.79 Å². The highest BCUT2D eigenvalue weighted by Crippen LogP contribution is 2.24. The molecule has 1 aliphatic heterocycles. The predicted octanol–water partition coefficient (Wildman–Crippen LogP) is 2.95. The van der Waals surface area contributed by atoms with Crippen molar-refractivity contribution in [1.29, 1.82) is 0 Å². The predicted molar refractivity (Wildman–Crippen MR) is 79.8 cm³/mol. The van der Waals surface area contributed by atoms with Gasteiger partial charge in [0.25, 0.3) is 0 Å². The Hall–Kier alpha value is -1.22. The number of piperazine rings is 1. The summed E-state index contributed by atoms with van der Waals surface area (Å²) in [5, 5.41) is 0.804. The Morgan fingerprint density at radius 1 is 1.21 bits per heavy atom. The van der Waals surface area contributed by atoms with E-state index >= 15 is 0 Å². The number of amides is 1. The van der Waals surface area contributed by atoms with Crippen LogP contribution in [0.25, 0.3) is 0 Å². The summed E-state index contributed by atoms with van der Waals surface area (Å²) in [6, 6.07) is 6.15. The summed E-state index contributed by atoms with van der Waals surface area (Å²) in [6.45, 7) is 9.25. The van der Waals surface area contributed by atoms with Gasteiger partial charge in [-0.15, -0.1) is 0 Å². The summed E-state index contributed by atoms with van der Waals surface area (Å²) >= 11 is 6.16. The molecule has 1 aliphatic rings. The van der Waals surface area contributed by atoms with Crippen LogP contribution in [0.2, 0.25) is 5.02 Å². The van der Waals surface area contributed by atoms with Crippen molar-refractivity contribution in [2.75, 3.05) is 31.1 Å². The second-order valence-electron chi connectivity index (χ2n) is 5.40. The van der Waals surface area contributed by atoms with Crippen LogP contribution in [-0.2, 0) is 4.79 Å². The van der Waals surface area contributed by atoms with E-state index in [1.807, 2.05) is 37.8 Å². The Morgan fingerprint density at radius 2 is 1.84 bits per heavy atom. The van der Waals surface area contributed by atoms with Gasteiger partial charge in [-0.2, -0.15) is 0 Å². The molecule has 0 radical (unpaired) electrons. The maximum atomic E-state index is 11.9. The third-order valence-electron chi connectivity index (χ3n) is 3.61. The summed E-state index contributed by atoms with van der Waals surface area (Å²) < 4.78 is 0. The van der Waals surface area contributed by atoms with Gasteiger partial charge in [0.1, 0.15) is 0 Å². The van der Waals surface area contributed by atoms with Gasteiger partial charge in [-0.05, 0) is 24.6 Å². The first-order valence-electron chi connectivity index (χ1n) is 6.79. The topological polar surface area (TPSA) is 23.6 Å². The van der Waals surface area contributed by atoms with Crippen LogP contribution in [0, 0.1) is 12.8 Å². The van der Waals surface area contributed by atoms with Gasteiger partial charge in [0.15, 0.2) is 0 Å². The van der Waals surface area contributed by atoms with Crippen LogP contribution in [0.15, 0.2) is 18.2 Å². The van der Waals surface area contributed by atoms with Gasteiger partial charge in [0, 0.05) is 42.8 Å². The molecule has 1 amide bonds. The van der Waals surface area contributed by atoms with Gasteiger partial charge in [0.2, 0.25) is 5.91 Å². The number of nitrogens with zero attached hydrogens (tertiary/aromatic N) is 2. The van der Waals surface area contributed by atoms with Gasteiger partial charge in [-0.3, -0.25) is 4.79 Å². The van der Waals surface area contributed by atoms with Crippen molar-refractivity contribution in [3.63, 3.8) is 0 Å². The largest absolute Gasteiger partial charge is 0.368 e. The molecule has 0 saturated carbocycles. The molecule has 0 aromatic heterocycles. The van der Waals surface area contributed by atoms with Crippen LogP contribution in [0.1, 0.15) is 19.4 Å². The van der Waals surface area contributed by atoms with Gasteiger partial charge in [0.05, 0.1) is 0 Å². The fourth-order valence-electron chi connectivity index (χ4n) is 2.33. The number of rotatable bonds is 2. The van der Waals surface area contributed by atoms with E-state index in [0.717, 1.165) is 42.5 Å². The lowest BCUT2D eigenvalue weighted by atomic mass is 10.1. The van der Waals surface area contributed by atoms with Gasteiger partial charge in [-0.1, -0.05) is 31.5 Å². The van der Waals surface area contributed by atoms with Gasteiger partial charge < -0.3 is 9.80 Å². The highest BCUT2D eigenvalue weighted by molar-refractivity contribution is 6.31. The molecule has 0 atom stereocenters. The first kappa shape index (κ1) is 14.2. The standard InChI is InChI=1S/C15H21ClN2O/c1-11(2)15(19)18-8-6-17(7-9-18)13-5-4-12(3)14(16)10-13/h4-5,10-11H,6-9H2,1-3H3. The van der Waals surface area contributed by atoms with Crippen molar-refractivity contribution in [1.82, 2.24) is 4.90 Å². The molecule has 3 nitrogen and oxygen atoms in total. The number of hydrogen-bond acceptors (Lipinski definition) is 2. The molecule has 1 saturated heterocycles. The minimum absolute atomic E-state index is 0.0837. The minimum Gasteiger partial charge on any atom is -0.368 e. The van der Waals surface area contributed by atoms with Crippen LogP contribution in [0.4, 0.5) is 5.69 Å². The van der Waals surface area contributed by atoms with E-state index in [-0.39, 0.29) is 11.8 Å². The molecule has 0 N–H and O–H groups in total. The molecule has 2 rings (SSSR count). The minimum atomic E-state index is 0.0837. The smallest absolute Gasteiger partial charge is 0.225 e. The molecule has 0 aliphatic carbocycles. The number of anilines is 1. The van der Waals surface area contributed by atoms with Crippen molar-refractivity contribution in [3.05, 3.63) is 28.8 Å². The zero-order valence-electron chi connectivity index (χ0n) is 11.8. The quantitative estimate of drug-likeness (QED) is 0.832. The van der Waals surface area contributed by atoms with Crippen molar-refractivity contribution >= 4 is 23.2 Å². The molecule has 0 spiro atoms. The summed E-state index contributed by atoms with van der Waals surface area (Å²) in [5.41, 5.74) is 2.24. The number of hydrogen-bond donors (Lipinski definition) is 0.